The highest BCUT2D eigenvalue weighted by Gasteiger charge is 2.39. The number of ether oxygens (including phenoxy) is 2. The molecule has 2 aliphatic rings. The van der Waals surface area contributed by atoms with E-state index in [0.29, 0.717) is 26.0 Å². The summed E-state index contributed by atoms with van der Waals surface area (Å²) in [6, 6.07) is 7.34. The number of hydrogen-bond donors (Lipinski definition) is 0. The molecule has 1 amide bonds. The van der Waals surface area contributed by atoms with E-state index in [0.717, 1.165) is 17.7 Å². The van der Waals surface area contributed by atoms with E-state index in [2.05, 4.69) is 0 Å². The van der Waals surface area contributed by atoms with Crippen LogP contribution in [0.1, 0.15) is 18.4 Å². The average Bonchev–Trinajstić information content (AvgIpc) is 3.02. The Bertz CT molecular complexity index is 557. The first-order valence-electron chi connectivity index (χ1n) is 7.29. The third-order valence-electron chi connectivity index (χ3n) is 4.24. The molecule has 2 unspecified atom stereocenters. The minimum atomic E-state index is -0.431. The number of likely N-dealkylation sites (tertiary alicyclic amines) is 1. The molecule has 112 valence electrons. The van der Waals surface area contributed by atoms with Gasteiger partial charge in [-0.2, -0.15) is 0 Å². The van der Waals surface area contributed by atoms with Crippen molar-refractivity contribution in [1.29, 1.82) is 0 Å². The second kappa shape index (κ2) is 5.76. The van der Waals surface area contributed by atoms with E-state index in [4.69, 9.17) is 9.47 Å². The largest absolute Gasteiger partial charge is 0.492 e. The minimum Gasteiger partial charge on any atom is -0.492 e. The van der Waals surface area contributed by atoms with Crippen LogP contribution < -0.4 is 4.74 Å². The molecule has 3 rings (SSSR count). The molecule has 0 aliphatic carbocycles. The Morgan fingerprint density at radius 2 is 2.14 bits per heavy atom. The molecule has 2 heterocycles. The van der Waals surface area contributed by atoms with Gasteiger partial charge in [-0.15, -0.1) is 0 Å². The van der Waals surface area contributed by atoms with Crippen molar-refractivity contribution in [1.82, 2.24) is 4.90 Å². The minimum absolute atomic E-state index is 0.00240. The standard InChI is InChI=1S/C16H19NO4/c1-20-16(19)13-6-4-8-17(13)15(18)12-9-11-5-2-3-7-14(11)21-10-12/h2-3,5,7,12-13H,4,6,8-10H2,1H3. The lowest BCUT2D eigenvalue weighted by molar-refractivity contribution is -0.152. The fourth-order valence-electron chi connectivity index (χ4n) is 3.13. The number of nitrogens with zero attached hydrogens (tertiary/aromatic N) is 1. The number of benzene rings is 1. The first-order valence-corrected chi connectivity index (χ1v) is 7.29. The van der Waals surface area contributed by atoms with E-state index >= 15 is 0 Å². The lowest BCUT2D eigenvalue weighted by Crippen LogP contribution is -2.46. The van der Waals surface area contributed by atoms with Crippen LogP contribution in [-0.4, -0.2) is 43.1 Å². The predicted molar refractivity (Wildman–Crippen MR) is 75.9 cm³/mol. The Morgan fingerprint density at radius 3 is 2.95 bits per heavy atom. The maximum Gasteiger partial charge on any atom is 0.328 e. The molecule has 0 bridgehead atoms. The molecule has 1 aromatic carbocycles. The van der Waals surface area contributed by atoms with Gasteiger partial charge < -0.3 is 14.4 Å². The number of fused-ring (bicyclic) bond motifs is 1. The van der Waals surface area contributed by atoms with Gasteiger partial charge in [0.2, 0.25) is 5.91 Å². The Labute approximate surface area is 123 Å². The van der Waals surface area contributed by atoms with Crippen molar-refractivity contribution in [2.24, 2.45) is 5.92 Å². The number of hydrogen-bond acceptors (Lipinski definition) is 4. The van der Waals surface area contributed by atoms with Crippen LogP contribution in [-0.2, 0) is 20.7 Å². The van der Waals surface area contributed by atoms with Crippen LogP contribution in [0.4, 0.5) is 0 Å². The van der Waals surface area contributed by atoms with E-state index in [1.807, 2.05) is 24.3 Å². The first kappa shape index (κ1) is 13.9. The number of methoxy groups -OCH3 is 1. The van der Waals surface area contributed by atoms with Gasteiger partial charge in [0.15, 0.2) is 0 Å². The number of amides is 1. The maximum atomic E-state index is 12.7. The number of rotatable bonds is 2. The number of para-hydroxylation sites is 1. The summed E-state index contributed by atoms with van der Waals surface area (Å²) in [6.07, 6.45) is 2.19. The molecule has 5 nitrogen and oxygen atoms in total. The van der Waals surface area contributed by atoms with E-state index in [1.165, 1.54) is 7.11 Å². The number of esters is 1. The summed E-state index contributed by atoms with van der Waals surface area (Å²) < 4.78 is 10.5. The molecule has 2 atom stereocenters. The quantitative estimate of drug-likeness (QED) is 0.772. The molecule has 5 heteroatoms. The van der Waals surface area contributed by atoms with Crippen molar-refractivity contribution in [3.8, 4) is 5.75 Å². The molecule has 21 heavy (non-hydrogen) atoms. The zero-order chi connectivity index (χ0) is 14.8. The smallest absolute Gasteiger partial charge is 0.328 e. The van der Waals surface area contributed by atoms with Crippen LogP contribution in [0, 0.1) is 5.92 Å². The Kier molecular flexibility index (Phi) is 3.82. The third-order valence-corrected chi connectivity index (χ3v) is 4.24. The molecule has 2 aliphatic heterocycles. The summed E-state index contributed by atoms with van der Waals surface area (Å²) in [6.45, 7) is 0.997. The summed E-state index contributed by atoms with van der Waals surface area (Å²) in [5.41, 5.74) is 1.05. The lowest BCUT2D eigenvalue weighted by atomic mass is 9.95. The molecule has 1 aromatic rings. The van der Waals surface area contributed by atoms with Crippen molar-refractivity contribution in [2.75, 3.05) is 20.3 Å². The highest BCUT2D eigenvalue weighted by Crippen LogP contribution is 2.29. The molecular formula is C16H19NO4. The van der Waals surface area contributed by atoms with Crippen LogP contribution >= 0.6 is 0 Å². The summed E-state index contributed by atoms with van der Waals surface area (Å²) in [5, 5.41) is 0. The van der Waals surface area contributed by atoms with Gasteiger partial charge in [-0.25, -0.2) is 4.79 Å². The zero-order valence-electron chi connectivity index (χ0n) is 12.1. The summed E-state index contributed by atoms with van der Waals surface area (Å²) in [4.78, 5) is 26.1. The highest BCUT2D eigenvalue weighted by molar-refractivity contribution is 5.86. The fourth-order valence-corrected chi connectivity index (χ4v) is 3.13. The van der Waals surface area contributed by atoms with Gasteiger partial charge in [0, 0.05) is 6.54 Å². The zero-order valence-corrected chi connectivity index (χ0v) is 12.1. The fraction of sp³-hybridized carbons (Fsp3) is 0.500. The highest BCUT2D eigenvalue weighted by atomic mass is 16.5. The van der Waals surface area contributed by atoms with Crippen molar-refractivity contribution >= 4 is 11.9 Å². The van der Waals surface area contributed by atoms with E-state index in [9.17, 15) is 9.59 Å². The Balaban J connectivity index is 1.73. The molecule has 1 saturated heterocycles. The lowest BCUT2D eigenvalue weighted by Gasteiger charge is -2.30. The van der Waals surface area contributed by atoms with Crippen molar-refractivity contribution < 1.29 is 19.1 Å². The number of carbonyl (C=O) groups excluding carboxylic acids is 2. The molecular weight excluding hydrogens is 270 g/mol. The predicted octanol–water partition coefficient (Wildman–Crippen LogP) is 1.40. The molecule has 0 spiro atoms. The van der Waals surface area contributed by atoms with Crippen LogP contribution in [0.5, 0.6) is 5.75 Å². The van der Waals surface area contributed by atoms with Crippen LogP contribution in [0.15, 0.2) is 24.3 Å². The second-order valence-corrected chi connectivity index (χ2v) is 5.53. The van der Waals surface area contributed by atoms with E-state index < -0.39 is 6.04 Å². The Hall–Kier alpha value is -2.04. The molecule has 1 fully saturated rings. The van der Waals surface area contributed by atoms with Gasteiger partial charge in [0.25, 0.3) is 0 Å². The van der Waals surface area contributed by atoms with Gasteiger partial charge in [-0.05, 0) is 30.9 Å². The monoisotopic (exact) mass is 289 g/mol. The maximum absolute atomic E-state index is 12.7. The molecule has 0 N–H and O–H groups in total. The summed E-state index contributed by atoms with van der Waals surface area (Å²) in [5.74, 6) is 0.313. The topological polar surface area (TPSA) is 55.8 Å². The van der Waals surface area contributed by atoms with Crippen molar-refractivity contribution in [3.05, 3.63) is 29.8 Å². The van der Waals surface area contributed by atoms with Crippen molar-refractivity contribution in [3.63, 3.8) is 0 Å². The third kappa shape index (κ3) is 2.60. The van der Waals surface area contributed by atoms with Gasteiger partial charge in [-0.3, -0.25) is 4.79 Å². The van der Waals surface area contributed by atoms with Crippen LogP contribution in [0.3, 0.4) is 0 Å². The van der Waals surface area contributed by atoms with Crippen molar-refractivity contribution in [2.45, 2.75) is 25.3 Å². The van der Waals surface area contributed by atoms with Crippen LogP contribution in [0.2, 0.25) is 0 Å². The van der Waals surface area contributed by atoms with E-state index in [1.54, 1.807) is 4.90 Å². The van der Waals surface area contributed by atoms with Gasteiger partial charge >= 0.3 is 5.97 Å². The summed E-state index contributed by atoms with van der Waals surface area (Å²) in [7, 11) is 1.36. The first-order chi connectivity index (χ1) is 10.2. The SMILES string of the molecule is COC(=O)C1CCCN1C(=O)C1COc2ccccc2C1. The van der Waals surface area contributed by atoms with Gasteiger partial charge in [-0.1, -0.05) is 18.2 Å². The summed E-state index contributed by atoms with van der Waals surface area (Å²) >= 11 is 0. The van der Waals surface area contributed by atoms with Gasteiger partial charge in [0.05, 0.1) is 13.0 Å². The number of carbonyl (C=O) groups is 2. The average molecular weight is 289 g/mol. The molecule has 0 aromatic heterocycles. The van der Waals surface area contributed by atoms with E-state index in [-0.39, 0.29) is 17.8 Å². The normalized spacial score (nSPS) is 24.1. The second-order valence-electron chi connectivity index (χ2n) is 5.53. The molecule has 0 radical (unpaired) electrons. The molecule has 0 saturated carbocycles. The van der Waals surface area contributed by atoms with Gasteiger partial charge in [0.1, 0.15) is 18.4 Å². The van der Waals surface area contributed by atoms with Crippen LogP contribution in [0.25, 0.3) is 0 Å². The Morgan fingerprint density at radius 1 is 1.33 bits per heavy atom.